The van der Waals surface area contributed by atoms with E-state index in [0.29, 0.717) is 11.2 Å². The summed E-state index contributed by atoms with van der Waals surface area (Å²) in [6, 6.07) is 13.8. The maximum absolute atomic E-state index is 11.7. The van der Waals surface area contributed by atoms with Gasteiger partial charge in [0.15, 0.2) is 0 Å². The first-order valence-corrected chi connectivity index (χ1v) is 8.87. The average molecular weight is 344 g/mol. The molecule has 0 radical (unpaired) electrons. The van der Waals surface area contributed by atoms with Crippen LogP contribution in [0.25, 0.3) is 10.9 Å². The number of para-hydroxylation sites is 1. The van der Waals surface area contributed by atoms with E-state index in [1.165, 1.54) is 18.4 Å². The minimum atomic E-state index is -0.955. The fraction of sp³-hybridized carbons (Fsp3) is 0.273. The Labute approximate surface area is 152 Å². The van der Waals surface area contributed by atoms with Gasteiger partial charge in [-0.1, -0.05) is 36.3 Å². The molecule has 4 heteroatoms. The molecule has 0 aliphatic heterocycles. The van der Waals surface area contributed by atoms with E-state index in [9.17, 15) is 9.90 Å². The van der Waals surface area contributed by atoms with Crippen LogP contribution in [-0.4, -0.2) is 20.9 Å². The van der Waals surface area contributed by atoms with Crippen LogP contribution in [0.15, 0.2) is 42.5 Å². The van der Waals surface area contributed by atoms with Gasteiger partial charge >= 0.3 is 5.97 Å². The number of aromatic nitrogens is 2. The van der Waals surface area contributed by atoms with E-state index in [4.69, 9.17) is 0 Å². The van der Waals surface area contributed by atoms with E-state index in [2.05, 4.69) is 41.2 Å². The molecule has 1 atom stereocenters. The zero-order valence-electron chi connectivity index (χ0n) is 14.9. The molecule has 1 fully saturated rings. The summed E-state index contributed by atoms with van der Waals surface area (Å²) in [4.78, 5) is 11.7. The van der Waals surface area contributed by atoms with Gasteiger partial charge in [-0.3, -0.25) is 4.68 Å². The molecule has 1 aliphatic rings. The zero-order chi connectivity index (χ0) is 18.3. The predicted molar refractivity (Wildman–Crippen MR) is 101 cm³/mol. The average Bonchev–Trinajstić information content (AvgIpc) is 3.44. The maximum Gasteiger partial charge on any atom is 0.337 e. The van der Waals surface area contributed by atoms with Crippen LogP contribution in [0.1, 0.15) is 65.8 Å². The Balaban J connectivity index is 1.85. The van der Waals surface area contributed by atoms with Crippen molar-refractivity contribution < 1.29 is 9.90 Å². The fourth-order valence-electron chi connectivity index (χ4n) is 3.46. The maximum atomic E-state index is 11.7. The number of nitrogens with zero attached hydrogens (tertiary/aromatic N) is 2. The monoisotopic (exact) mass is 344 g/mol. The van der Waals surface area contributed by atoms with Gasteiger partial charge in [-0.25, -0.2) is 4.79 Å². The van der Waals surface area contributed by atoms with Gasteiger partial charge in [0.1, 0.15) is 5.69 Å². The molecule has 3 aromatic rings. The third-order valence-corrected chi connectivity index (χ3v) is 5.04. The Morgan fingerprint density at radius 2 is 1.96 bits per heavy atom. The van der Waals surface area contributed by atoms with E-state index in [1.54, 1.807) is 23.7 Å². The molecule has 0 amide bonds. The lowest BCUT2D eigenvalue weighted by molar-refractivity contribution is 0.0698. The molecule has 4 nitrogen and oxygen atoms in total. The van der Waals surface area contributed by atoms with Crippen LogP contribution in [-0.2, 0) is 0 Å². The molecule has 1 aromatic heterocycles. The highest BCUT2D eigenvalue weighted by molar-refractivity contribution is 6.03. The quantitative estimate of drug-likeness (QED) is 0.704. The Bertz CT molecular complexity index is 1050. The molecule has 1 unspecified atom stereocenters. The summed E-state index contributed by atoms with van der Waals surface area (Å²) in [5.41, 5.74) is 3.98. The number of hydrogen-bond acceptors (Lipinski definition) is 2. The van der Waals surface area contributed by atoms with Crippen LogP contribution in [0.4, 0.5) is 0 Å². The fourth-order valence-corrected chi connectivity index (χ4v) is 3.46. The molecule has 0 spiro atoms. The summed E-state index contributed by atoms with van der Waals surface area (Å²) in [5, 5.41) is 15.1. The largest absolute Gasteiger partial charge is 0.478 e. The van der Waals surface area contributed by atoms with Crippen LogP contribution < -0.4 is 0 Å². The second kappa shape index (κ2) is 6.34. The van der Waals surface area contributed by atoms with Crippen LogP contribution >= 0.6 is 0 Å². The van der Waals surface area contributed by atoms with Gasteiger partial charge in [-0.15, -0.1) is 0 Å². The smallest absolute Gasteiger partial charge is 0.337 e. The highest BCUT2D eigenvalue weighted by atomic mass is 16.4. The molecule has 1 saturated carbocycles. The van der Waals surface area contributed by atoms with Crippen molar-refractivity contribution in [2.24, 2.45) is 0 Å². The standard InChI is InChI=1S/C22H20N2O2/c1-3-5-20-18-6-4-7-19(22(25)26)21(18)24(23-20)14(2)15-8-10-16(11-9-15)17-12-13-17/h4,6-11,14,17H,12-13H2,1-2H3,(H,25,26). The van der Waals surface area contributed by atoms with E-state index in [0.717, 1.165) is 16.9 Å². The molecule has 1 aliphatic carbocycles. The summed E-state index contributed by atoms with van der Waals surface area (Å²) in [6.45, 7) is 3.80. The van der Waals surface area contributed by atoms with E-state index >= 15 is 0 Å². The Morgan fingerprint density at radius 1 is 1.23 bits per heavy atom. The van der Waals surface area contributed by atoms with Crippen LogP contribution in [0.3, 0.4) is 0 Å². The number of carboxylic acids is 1. The Hall–Kier alpha value is -3.06. The Morgan fingerprint density at radius 3 is 2.58 bits per heavy atom. The zero-order valence-corrected chi connectivity index (χ0v) is 14.9. The van der Waals surface area contributed by atoms with Crippen molar-refractivity contribution in [2.75, 3.05) is 0 Å². The minimum absolute atomic E-state index is 0.0846. The molecule has 26 heavy (non-hydrogen) atoms. The summed E-state index contributed by atoms with van der Waals surface area (Å²) < 4.78 is 1.80. The summed E-state index contributed by atoms with van der Waals surface area (Å²) >= 11 is 0. The van der Waals surface area contributed by atoms with Gasteiger partial charge in [-0.2, -0.15) is 5.10 Å². The molecule has 1 heterocycles. The summed E-state index contributed by atoms with van der Waals surface area (Å²) in [5.74, 6) is 5.63. The number of aromatic carboxylic acids is 1. The molecule has 1 N–H and O–H groups in total. The minimum Gasteiger partial charge on any atom is -0.478 e. The van der Waals surface area contributed by atoms with Crippen molar-refractivity contribution in [2.45, 2.75) is 38.6 Å². The molecule has 130 valence electrons. The van der Waals surface area contributed by atoms with Crippen molar-refractivity contribution in [1.29, 1.82) is 0 Å². The predicted octanol–water partition coefficient (Wildman–Crippen LogP) is 4.59. The number of rotatable bonds is 4. The van der Waals surface area contributed by atoms with Gasteiger partial charge in [0.05, 0.1) is 17.1 Å². The van der Waals surface area contributed by atoms with Gasteiger partial charge in [0.25, 0.3) is 0 Å². The van der Waals surface area contributed by atoms with Gasteiger partial charge in [0.2, 0.25) is 0 Å². The van der Waals surface area contributed by atoms with E-state index < -0.39 is 5.97 Å². The lowest BCUT2D eigenvalue weighted by Crippen LogP contribution is -2.11. The van der Waals surface area contributed by atoms with Crippen molar-refractivity contribution in [3.8, 4) is 11.8 Å². The van der Waals surface area contributed by atoms with Crippen molar-refractivity contribution in [1.82, 2.24) is 9.78 Å². The molecule has 0 bridgehead atoms. The first-order chi connectivity index (χ1) is 12.6. The van der Waals surface area contributed by atoms with Gasteiger partial charge in [0, 0.05) is 5.39 Å². The van der Waals surface area contributed by atoms with Gasteiger partial charge in [-0.05, 0) is 61.8 Å². The number of fused-ring (bicyclic) bond motifs is 1. The first kappa shape index (κ1) is 16.4. The van der Waals surface area contributed by atoms with Crippen LogP contribution in [0.2, 0.25) is 0 Å². The topological polar surface area (TPSA) is 55.1 Å². The first-order valence-electron chi connectivity index (χ1n) is 8.87. The lowest BCUT2D eigenvalue weighted by Gasteiger charge is -2.15. The molecular weight excluding hydrogens is 324 g/mol. The number of carbonyl (C=O) groups is 1. The van der Waals surface area contributed by atoms with Crippen LogP contribution in [0.5, 0.6) is 0 Å². The molecule has 2 aromatic carbocycles. The summed E-state index contributed by atoms with van der Waals surface area (Å²) in [7, 11) is 0. The second-order valence-corrected chi connectivity index (χ2v) is 6.79. The Kier molecular flexibility index (Phi) is 4.00. The molecular formula is C22H20N2O2. The highest BCUT2D eigenvalue weighted by Crippen LogP contribution is 2.40. The number of carboxylic acid groups (broad SMARTS) is 1. The van der Waals surface area contributed by atoms with E-state index in [-0.39, 0.29) is 11.6 Å². The van der Waals surface area contributed by atoms with Gasteiger partial charge < -0.3 is 5.11 Å². The molecule has 4 rings (SSSR count). The molecule has 0 saturated heterocycles. The third-order valence-electron chi connectivity index (χ3n) is 5.04. The van der Waals surface area contributed by atoms with Crippen molar-refractivity contribution in [3.05, 3.63) is 64.8 Å². The normalized spacial score (nSPS) is 14.7. The van der Waals surface area contributed by atoms with Crippen LogP contribution in [0, 0.1) is 11.8 Å². The van der Waals surface area contributed by atoms with Crippen molar-refractivity contribution in [3.63, 3.8) is 0 Å². The SMILES string of the molecule is CC#Cc1nn(C(C)c2ccc(C3CC3)cc2)c2c(C(=O)O)cccc12. The number of benzene rings is 2. The number of hydrogen-bond donors (Lipinski definition) is 1. The lowest BCUT2D eigenvalue weighted by atomic mass is 10.0. The third kappa shape index (κ3) is 2.76. The summed E-state index contributed by atoms with van der Waals surface area (Å²) in [6.07, 6.45) is 2.55. The van der Waals surface area contributed by atoms with E-state index in [1.807, 2.05) is 13.0 Å². The second-order valence-electron chi connectivity index (χ2n) is 6.79. The van der Waals surface area contributed by atoms with Crippen molar-refractivity contribution >= 4 is 16.9 Å². The highest BCUT2D eigenvalue weighted by Gasteiger charge is 2.24.